The molecule has 0 atom stereocenters. The third-order valence-electron chi connectivity index (χ3n) is 6.80. The first-order chi connectivity index (χ1) is 15.6. The van der Waals surface area contributed by atoms with Crippen molar-refractivity contribution in [2.24, 2.45) is 0 Å². The first-order valence-corrected chi connectivity index (χ1v) is 17.5. The number of carbonyl (C=O) groups is 1. The zero-order valence-electron chi connectivity index (χ0n) is 22.2. The van der Waals surface area contributed by atoms with Crippen molar-refractivity contribution in [3.05, 3.63) is 0 Å². The Labute approximate surface area is 208 Å². The standard InChI is InChI=1S/C28H57ClO2Si/c1-4-7-10-13-16-19-25-32(31-28(30)23-22-24-29,26-20-17-14-11-8-5-2)27-21-18-15-12-9-6-3/h4-27H2,1-3H3. The SMILES string of the molecule is CCCCCCCC[Si](CCCCCCCC)(CCCCCCCC)OC(=O)CCCCl. The quantitative estimate of drug-likeness (QED) is 0.0724. The second-order valence-corrected chi connectivity index (χ2v) is 14.5. The van der Waals surface area contributed by atoms with Crippen molar-refractivity contribution >= 4 is 25.9 Å². The second-order valence-electron chi connectivity index (χ2n) is 10.0. The highest BCUT2D eigenvalue weighted by Crippen LogP contribution is 2.32. The van der Waals surface area contributed by atoms with E-state index in [1.54, 1.807) is 0 Å². The molecule has 0 radical (unpaired) electrons. The van der Waals surface area contributed by atoms with Gasteiger partial charge >= 0.3 is 0 Å². The van der Waals surface area contributed by atoms with Crippen molar-refractivity contribution in [2.75, 3.05) is 5.88 Å². The highest BCUT2D eigenvalue weighted by Gasteiger charge is 2.36. The topological polar surface area (TPSA) is 26.3 Å². The largest absolute Gasteiger partial charge is 0.519 e. The Morgan fingerprint density at radius 1 is 0.562 bits per heavy atom. The predicted octanol–water partition coefficient (Wildman–Crippen LogP) is 10.6. The molecule has 32 heavy (non-hydrogen) atoms. The van der Waals surface area contributed by atoms with Crippen LogP contribution in [0.2, 0.25) is 18.1 Å². The van der Waals surface area contributed by atoms with Crippen LogP contribution in [-0.2, 0) is 9.22 Å². The molecule has 0 unspecified atom stereocenters. The molecule has 0 fully saturated rings. The normalized spacial score (nSPS) is 11.8. The summed E-state index contributed by atoms with van der Waals surface area (Å²) in [7, 11) is -2.01. The van der Waals surface area contributed by atoms with E-state index < -0.39 is 8.32 Å². The third-order valence-corrected chi connectivity index (χ3v) is 11.5. The maximum atomic E-state index is 12.7. The average Bonchev–Trinajstić information content (AvgIpc) is 2.79. The van der Waals surface area contributed by atoms with E-state index in [0.717, 1.165) is 6.42 Å². The Morgan fingerprint density at radius 2 is 0.906 bits per heavy atom. The van der Waals surface area contributed by atoms with Gasteiger partial charge in [-0.3, -0.25) is 4.79 Å². The first kappa shape index (κ1) is 32.0. The van der Waals surface area contributed by atoms with Gasteiger partial charge < -0.3 is 4.43 Å². The second kappa shape index (κ2) is 24.1. The Balaban J connectivity index is 4.89. The summed E-state index contributed by atoms with van der Waals surface area (Å²) in [6.45, 7) is 6.83. The molecule has 0 aromatic rings. The van der Waals surface area contributed by atoms with Crippen LogP contribution in [0.3, 0.4) is 0 Å². The van der Waals surface area contributed by atoms with E-state index >= 15 is 0 Å². The minimum absolute atomic E-state index is 0.0419. The van der Waals surface area contributed by atoms with Gasteiger partial charge in [0.2, 0.25) is 0 Å². The summed E-state index contributed by atoms with van der Waals surface area (Å²) in [5, 5.41) is 0. The highest BCUT2D eigenvalue weighted by atomic mass is 35.5. The summed E-state index contributed by atoms with van der Waals surface area (Å²) in [5.74, 6) is 0.593. The summed E-state index contributed by atoms with van der Waals surface area (Å²) < 4.78 is 6.46. The molecule has 0 aliphatic rings. The van der Waals surface area contributed by atoms with Crippen molar-refractivity contribution in [3.63, 3.8) is 0 Å². The van der Waals surface area contributed by atoms with Gasteiger partial charge in [0.15, 0.2) is 0 Å². The van der Waals surface area contributed by atoms with Crippen molar-refractivity contribution in [1.82, 2.24) is 0 Å². The van der Waals surface area contributed by atoms with Gasteiger partial charge in [-0.25, -0.2) is 0 Å². The molecule has 0 bridgehead atoms. The molecule has 0 saturated heterocycles. The Morgan fingerprint density at radius 3 is 1.25 bits per heavy atom. The van der Waals surface area contributed by atoms with Gasteiger partial charge in [0, 0.05) is 12.3 Å². The lowest BCUT2D eigenvalue weighted by Crippen LogP contribution is -2.40. The molecule has 0 aromatic heterocycles. The summed E-state index contributed by atoms with van der Waals surface area (Å²) in [6.07, 6.45) is 25.0. The Kier molecular flexibility index (Phi) is 24.1. The van der Waals surface area contributed by atoms with Crippen LogP contribution in [0.1, 0.15) is 149 Å². The van der Waals surface area contributed by atoms with Crippen molar-refractivity contribution in [3.8, 4) is 0 Å². The van der Waals surface area contributed by atoms with E-state index in [1.165, 1.54) is 134 Å². The summed E-state index contributed by atoms with van der Waals surface area (Å²) in [4.78, 5) is 12.7. The van der Waals surface area contributed by atoms with Crippen LogP contribution >= 0.6 is 11.6 Å². The molecular formula is C28H57ClO2Si. The number of halogens is 1. The molecular weight excluding hydrogens is 432 g/mol. The monoisotopic (exact) mass is 488 g/mol. The fourth-order valence-corrected chi connectivity index (χ4v) is 9.17. The minimum atomic E-state index is -2.01. The van der Waals surface area contributed by atoms with E-state index in [4.69, 9.17) is 16.0 Å². The van der Waals surface area contributed by atoms with Crippen LogP contribution in [0.25, 0.3) is 0 Å². The highest BCUT2D eigenvalue weighted by molar-refractivity contribution is 6.75. The van der Waals surface area contributed by atoms with Gasteiger partial charge in [0.25, 0.3) is 14.3 Å². The molecule has 0 heterocycles. The van der Waals surface area contributed by atoms with Gasteiger partial charge in [0.1, 0.15) is 0 Å². The molecule has 4 heteroatoms. The maximum absolute atomic E-state index is 12.7. The van der Waals surface area contributed by atoms with E-state index in [0.29, 0.717) is 12.3 Å². The van der Waals surface area contributed by atoms with E-state index in [2.05, 4.69) is 20.8 Å². The van der Waals surface area contributed by atoms with E-state index in [-0.39, 0.29) is 5.97 Å². The summed E-state index contributed by atoms with van der Waals surface area (Å²) in [5.41, 5.74) is 0. The average molecular weight is 489 g/mol. The molecule has 0 amide bonds. The predicted molar refractivity (Wildman–Crippen MR) is 146 cm³/mol. The van der Waals surface area contributed by atoms with Gasteiger partial charge in [-0.1, -0.05) is 136 Å². The van der Waals surface area contributed by atoms with E-state index in [1.807, 2.05) is 0 Å². The van der Waals surface area contributed by atoms with E-state index in [9.17, 15) is 4.79 Å². The summed E-state index contributed by atoms with van der Waals surface area (Å²) >= 11 is 5.85. The fourth-order valence-electron chi connectivity index (χ4n) is 4.71. The third kappa shape index (κ3) is 19.4. The van der Waals surface area contributed by atoms with Gasteiger partial charge in [0.05, 0.1) is 0 Å². The van der Waals surface area contributed by atoms with Crippen LogP contribution in [0, 0.1) is 0 Å². The smallest absolute Gasteiger partial charge is 0.292 e. The molecule has 2 nitrogen and oxygen atoms in total. The fraction of sp³-hybridized carbons (Fsp3) is 0.964. The number of carbonyl (C=O) groups excluding carboxylic acids is 1. The Bertz CT molecular complexity index is 362. The van der Waals surface area contributed by atoms with Gasteiger partial charge in [-0.05, 0) is 24.6 Å². The van der Waals surface area contributed by atoms with Crippen molar-refractivity contribution < 1.29 is 9.22 Å². The van der Waals surface area contributed by atoms with Crippen LogP contribution in [0.4, 0.5) is 0 Å². The number of hydrogen-bond acceptors (Lipinski definition) is 2. The number of alkyl halides is 1. The molecule has 0 spiro atoms. The molecule has 0 aliphatic heterocycles. The Hall–Kier alpha value is -0.0231. The van der Waals surface area contributed by atoms with Gasteiger partial charge in [-0.15, -0.1) is 11.6 Å². The lowest BCUT2D eigenvalue weighted by molar-refractivity contribution is -0.135. The lowest BCUT2D eigenvalue weighted by Gasteiger charge is -2.32. The summed E-state index contributed by atoms with van der Waals surface area (Å²) in [6, 6.07) is 3.57. The number of rotatable bonds is 25. The molecule has 0 N–H and O–H groups in total. The zero-order valence-corrected chi connectivity index (χ0v) is 23.9. The van der Waals surface area contributed by atoms with Crippen molar-refractivity contribution in [1.29, 1.82) is 0 Å². The zero-order chi connectivity index (χ0) is 23.8. The molecule has 0 rings (SSSR count). The molecule has 0 saturated carbocycles. The maximum Gasteiger partial charge on any atom is 0.292 e. The molecule has 0 aliphatic carbocycles. The van der Waals surface area contributed by atoms with Gasteiger partial charge in [-0.2, -0.15) is 0 Å². The first-order valence-electron chi connectivity index (χ1n) is 14.4. The lowest BCUT2D eigenvalue weighted by atomic mass is 10.1. The van der Waals surface area contributed by atoms with Crippen LogP contribution in [0.15, 0.2) is 0 Å². The molecule has 0 aromatic carbocycles. The van der Waals surface area contributed by atoms with Crippen molar-refractivity contribution in [2.45, 2.75) is 167 Å². The number of hydrogen-bond donors (Lipinski definition) is 0. The van der Waals surface area contributed by atoms with Crippen LogP contribution in [-0.4, -0.2) is 20.2 Å². The van der Waals surface area contributed by atoms with Crippen LogP contribution in [0.5, 0.6) is 0 Å². The van der Waals surface area contributed by atoms with Crippen LogP contribution < -0.4 is 0 Å². The number of unbranched alkanes of at least 4 members (excludes halogenated alkanes) is 15. The minimum Gasteiger partial charge on any atom is -0.519 e. The molecule has 192 valence electrons.